The SMILES string of the molecule is O=C(CCc1ccccc1)NC1CCN(C(=S)NC2CC3CCC2C3)CC1. The molecule has 1 amide bonds. The van der Waals surface area contributed by atoms with Crippen molar-refractivity contribution in [2.75, 3.05) is 13.1 Å². The first-order valence-corrected chi connectivity index (χ1v) is 11.0. The molecular formula is C22H31N3OS. The van der Waals surface area contributed by atoms with Gasteiger partial charge in [-0.3, -0.25) is 4.79 Å². The monoisotopic (exact) mass is 385 g/mol. The van der Waals surface area contributed by atoms with E-state index in [1.165, 1.54) is 31.2 Å². The van der Waals surface area contributed by atoms with Crippen molar-refractivity contribution < 1.29 is 4.79 Å². The Bertz CT molecular complexity index is 657. The van der Waals surface area contributed by atoms with Crippen LogP contribution in [0.25, 0.3) is 0 Å². The molecule has 2 bridgehead atoms. The normalized spacial score (nSPS) is 27.6. The summed E-state index contributed by atoms with van der Waals surface area (Å²) in [6.07, 6.45) is 8.84. The number of aryl methyl sites for hydroxylation is 1. The molecule has 0 spiro atoms. The Kier molecular flexibility index (Phi) is 5.96. The van der Waals surface area contributed by atoms with E-state index >= 15 is 0 Å². The lowest BCUT2D eigenvalue weighted by Crippen LogP contribution is -2.52. The van der Waals surface area contributed by atoms with Crippen molar-refractivity contribution in [1.29, 1.82) is 0 Å². The first kappa shape index (κ1) is 18.7. The molecule has 3 unspecified atom stereocenters. The molecule has 3 atom stereocenters. The van der Waals surface area contributed by atoms with E-state index in [0.29, 0.717) is 12.5 Å². The molecule has 1 saturated heterocycles. The van der Waals surface area contributed by atoms with Gasteiger partial charge in [0.25, 0.3) is 0 Å². The van der Waals surface area contributed by atoms with Crippen molar-refractivity contribution in [3.63, 3.8) is 0 Å². The predicted octanol–water partition coefficient (Wildman–Crippen LogP) is 3.26. The quantitative estimate of drug-likeness (QED) is 0.764. The maximum absolute atomic E-state index is 12.2. The summed E-state index contributed by atoms with van der Waals surface area (Å²) >= 11 is 5.68. The number of carbonyl (C=O) groups excluding carboxylic acids is 1. The Hall–Kier alpha value is -1.62. The minimum Gasteiger partial charge on any atom is -0.360 e. The lowest BCUT2D eigenvalue weighted by atomic mass is 9.95. The maximum atomic E-state index is 12.2. The molecule has 1 aromatic carbocycles. The van der Waals surface area contributed by atoms with Gasteiger partial charge in [-0.1, -0.05) is 36.8 Å². The fourth-order valence-electron chi connectivity index (χ4n) is 5.10. The molecule has 3 fully saturated rings. The van der Waals surface area contributed by atoms with Gasteiger partial charge in [0, 0.05) is 31.6 Å². The topological polar surface area (TPSA) is 44.4 Å². The van der Waals surface area contributed by atoms with Gasteiger partial charge >= 0.3 is 0 Å². The van der Waals surface area contributed by atoms with Crippen LogP contribution >= 0.6 is 12.2 Å². The molecule has 1 aromatic rings. The number of nitrogens with zero attached hydrogens (tertiary/aromatic N) is 1. The van der Waals surface area contributed by atoms with Gasteiger partial charge < -0.3 is 15.5 Å². The number of fused-ring (bicyclic) bond motifs is 2. The summed E-state index contributed by atoms with van der Waals surface area (Å²) in [6.45, 7) is 1.88. The fourth-order valence-corrected chi connectivity index (χ4v) is 5.43. The second-order valence-corrected chi connectivity index (χ2v) is 8.93. The van der Waals surface area contributed by atoms with Gasteiger partial charge in [0.15, 0.2) is 5.11 Å². The molecule has 2 aliphatic carbocycles. The molecule has 2 N–H and O–H groups in total. The zero-order chi connectivity index (χ0) is 18.6. The van der Waals surface area contributed by atoms with Crippen LogP contribution in [0.3, 0.4) is 0 Å². The standard InChI is InChI=1S/C22H31N3OS/c26-21(9-7-16-4-2-1-3-5-16)23-19-10-12-25(13-11-19)22(27)24-20-15-17-6-8-18(20)14-17/h1-5,17-20H,6-15H2,(H,23,26)(H,24,27). The minimum atomic E-state index is 0.167. The maximum Gasteiger partial charge on any atom is 0.220 e. The van der Waals surface area contributed by atoms with E-state index in [0.717, 1.165) is 49.3 Å². The highest BCUT2D eigenvalue weighted by atomic mass is 32.1. The number of piperidine rings is 1. The van der Waals surface area contributed by atoms with Crippen molar-refractivity contribution in [1.82, 2.24) is 15.5 Å². The van der Waals surface area contributed by atoms with Gasteiger partial charge in [-0.25, -0.2) is 0 Å². The molecule has 146 valence electrons. The van der Waals surface area contributed by atoms with Crippen LogP contribution in [0.1, 0.15) is 50.5 Å². The molecule has 0 aromatic heterocycles. The van der Waals surface area contributed by atoms with E-state index in [1.807, 2.05) is 18.2 Å². The fraction of sp³-hybridized carbons (Fsp3) is 0.636. The number of carbonyl (C=O) groups is 1. The number of nitrogens with one attached hydrogen (secondary N) is 2. The zero-order valence-corrected chi connectivity index (χ0v) is 16.8. The molecular weight excluding hydrogens is 354 g/mol. The average Bonchev–Trinajstić information content (AvgIpc) is 3.31. The third-order valence-electron chi connectivity index (χ3n) is 6.68. The van der Waals surface area contributed by atoms with Gasteiger partial charge in [-0.05, 0) is 68.1 Å². The van der Waals surface area contributed by atoms with E-state index in [1.54, 1.807) is 0 Å². The summed E-state index contributed by atoms with van der Waals surface area (Å²) in [4.78, 5) is 14.5. The molecule has 1 aliphatic heterocycles. The summed E-state index contributed by atoms with van der Waals surface area (Å²) in [5, 5.41) is 7.79. The number of rotatable bonds is 5. The van der Waals surface area contributed by atoms with Gasteiger partial charge in [0.1, 0.15) is 0 Å². The summed E-state index contributed by atoms with van der Waals surface area (Å²) in [5.41, 5.74) is 1.22. The third-order valence-corrected chi connectivity index (χ3v) is 7.05. The van der Waals surface area contributed by atoms with E-state index in [4.69, 9.17) is 12.2 Å². The first-order chi connectivity index (χ1) is 13.2. The molecule has 1 heterocycles. The number of likely N-dealkylation sites (tertiary alicyclic amines) is 1. The number of amides is 1. The second kappa shape index (κ2) is 8.59. The van der Waals surface area contributed by atoms with Crippen LogP contribution in [0.2, 0.25) is 0 Å². The lowest BCUT2D eigenvalue weighted by Gasteiger charge is -2.36. The average molecular weight is 386 g/mol. The highest BCUT2D eigenvalue weighted by molar-refractivity contribution is 7.80. The van der Waals surface area contributed by atoms with Crippen molar-refractivity contribution in [3.8, 4) is 0 Å². The highest BCUT2D eigenvalue weighted by Gasteiger charge is 2.40. The van der Waals surface area contributed by atoms with Gasteiger partial charge in [-0.15, -0.1) is 0 Å². The molecule has 3 aliphatic rings. The summed E-state index contributed by atoms with van der Waals surface area (Å²) in [6, 6.07) is 11.1. The Morgan fingerprint density at radius 1 is 1.04 bits per heavy atom. The Labute approximate surface area is 168 Å². The van der Waals surface area contributed by atoms with Crippen LogP contribution in [0, 0.1) is 11.8 Å². The van der Waals surface area contributed by atoms with Gasteiger partial charge in [-0.2, -0.15) is 0 Å². The van der Waals surface area contributed by atoms with E-state index in [2.05, 4.69) is 27.7 Å². The summed E-state index contributed by atoms with van der Waals surface area (Å²) < 4.78 is 0. The van der Waals surface area contributed by atoms with Crippen LogP contribution in [0.15, 0.2) is 30.3 Å². The number of thiocarbonyl (C=S) groups is 1. The summed E-state index contributed by atoms with van der Waals surface area (Å²) in [7, 11) is 0. The van der Waals surface area contributed by atoms with Crippen molar-refractivity contribution in [2.45, 2.75) is 63.5 Å². The van der Waals surface area contributed by atoms with Crippen LogP contribution in [-0.2, 0) is 11.2 Å². The van der Waals surface area contributed by atoms with Gasteiger partial charge in [0.05, 0.1) is 0 Å². The molecule has 4 rings (SSSR count). The molecule has 0 radical (unpaired) electrons. The van der Waals surface area contributed by atoms with Crippen LogP contribution in [-0.4, -0.2) is 41.1 Å². The zero-order valence-electron chi connectivity index (χ0n) is 16.0. The molecule has 27 heavy (non-hydrogen) atoms. The number of hydrogen-bond acceptors (Lipinski definition) is 2. The Balaban J connectivity index is 1.15. The van der Waals surface area contributed by atoms with Crippen molar-refractivity contribution in [2.24, 2.45) is 11.8 Å². The lowest BCUT2D eigenvalue weighted by molar-refractivity contribution is -0.122. The minimum absolute atomic E-state index is 0.167. The molecule has 4 nitrogen and oxygen atoms in total. The largest absolute Gasteiger partial charge is 0.360 e. The predicted molar refractivity (Wildman–Crippen MR) is 112 cm³/mol. The summed E-state index contributed by atoms with van der Waals surface area (Å²) in [5.74, 6) is 1.95. The van der Waals surface area contributed by atoms with E-state index in [9.17, 15) is 4.79 Å². The number of hydrogen-bond donors (Lipinski definition) is 2. The van der Waals surface area contributed by atoms with Gasteiger partial charge in [0.2, 0.25) is 5.91 Å². The Morgan fingerprint density at radius 3 is 2.48 bits per heavy atom. The van der Waals surface area contributed by atoms with E-state index < -0.39 is 0 Å². The second-order valence-electron chi connectivity index (χ2n) is 8.55. The first-order valence-electron chi connectivity index (χ1n) is 10.6. The Morgan fingerprint density at radius 2 is 1.81 bits per heavy atom. The number of benzene rings is 1. The van der Waals surface area contributed by atoms with Crippen LogP contribution in [0.4, 0.5) is 0 Å². The van der Waals surface area contributed by atoms with E-state index in [-0.39, 0.29) is 11.9 Å². The molecule has 2 saturated carbocycles. The highest BCUT2D eigenvalue weighted by Crippen LogP contribution is 2.44. The van der Waals surface area contributed by atoms with Crippen molar-refractivity contribution in [3.05, 3.63) is 35.9 Å². The van der Waals surface area contributed by atoms with Crippen LogP contribution < -0.4 is 10.6 Å². The molecule has 5 heteroatoms. The smallest absolute Gasteiger partial charge is 0.220 e. The van der Waals surface area contributed by atoms with Crippen molar-refractivity contribution >= 4 is 23.2 Å². The third kappa shape index (κ3) is 4.81. The van der Waals surface area contributed by atoms with Crippen LogP contribution in [0.5, 0.6) is 0 Å².